The molecule has 0 N–H and O–H groups in total. The van der Waals surface area contributed by atoms with Crippen molar-refractivity contribution in [1.29, 1.82) is 0 Å². The van der Waals surface area contributed by atoms with Crippen molar-refractivity contribution >= 4 is 5.97 Å². The van der Waals surface area contributed by atoms with E-state index >= 15 is 0 Å². The van der Waals surface area contributed by atoms with E-state index in [1.807, 2.05) is 0 Å². The second-order valence-electron chi connectivity index (χ2n) is 9.61. The van der Waals surface area contributed by atoms with E-state index in [1.54, 1.807) is 0 Å². The normalized spacial score (nSPS) is 16.5. The van der Waals surface area contributed by atoms with Gasteiger partial charge in [0.15, 0.2) is 0 Å². The summed E-state index contributed by atoms with van der Waals surface area (Å²) in [5.41, 5.74) is 0.641. The number of carbonyl (C=O) groups is 1. The highest BCUT2D eigenvalue weighted by Gasteiger charge is 2.28. The van der Waals surface area contributed by atoms with Gasteiger partial charge in [0.05, 0.1) is 6.61 Å². The summed E-state index contributed by atoms with van der Waals surface area (Å²) < 4.78 is 5.41. The SMILES string of the molecule is C=CC(=O)OCC(CC(CC)CC(C)(C)C)C(C)CC(C)(C)C. The van der Waals surface area contributed by atoms with E-state index in [-0.39, 0.29) is 5.97 Å². The molecular formula is C21H40O2. The van der Waals surface area contributed by atoms with E-state index < -0.39 is 0 Å². The van der Waals surface area contributed by atoms with Crippen LogP contribution in [0.25, 0.3) is 0 Å². The molecule has 0 fully saturated rings. The number of carbonyl (C=O) groups excluding carboxylic acids is 1. The van der Waals surface area contributed by atoms with Crippen LogP contribution in [0.3, 0.4) is 0 Å². The predicted octanol–water partition coefficient (Wildman–Crippen LogP) is 6.26. The summed E-state index contributed by atoms with van der Waals surface area (Å²) in [4.78, 5) is 11.5. The highest BCUT2D eigenvalue weighted by molar-refractivity contribution is 5.81. The summed E-state index contributed by atoms with van der Waals surface area (Å²) in [6.45, 7) is 22.4. The molecular weight excluding hydrogens is 284 g/mol. The predicted molar refractivity (Wildman–Crippen MR) is 100 cm³/mol. The smallest absolute Gasteiger partial charge is 0.330 e. The van der Waals surface area contributed by atoms with Gasteiger partial charge < -0.3 is 4.74 Å². The molecule has 0 spiro atoms. The number of rotatable bonds is 9. The van der Waals surface area contributed by atoms with Gasteiger partial charge in [0.1, 0.15) is 0 Å². The number of hydrogen-bond acceptors (Lipinski definition) is 2. The maximum Gasteiger partial charge on any atom is 0.330 e. The Morgan fingerprint density at radius 2 is 1.61 bits per heavy atom. The Hall–Kier alpha value is -0.790. The Balaban J connectivity index is 4.93. The molecule has 0 saturated carbocycles. The molecule has 2 nitrogen and oxygen atoms in total. The van der Waals surface area contributed by atoms with Gasteiger partial charge in [0, 0.05) is 6.08 Å². The van der Waals surface area contributed by atoms with Gasteiger partial charge in [-0.2, -0.15) is 0 Å². The fourth-order valence-electron chi connectivity index (χ4n) is 3.53. The van der Waals surface area contributed by atoms with Crippen molar-refractivity contribution < 1.29 is 9.53 Å². The van der Waals surface area contributed by atoms with Crippen LogP contribution in [0.2, 0.25) is 0 Å². The summed E-state index contributed by atoms with van der Waals surface area (Å²) >= 11 is 0. The second-order valence-corrected chi connectivity index (χ2v) is 9.61. The van der Waals surface area contributed by atoms with Crippen molar-refractivity contribution in [3.8, 4) is 0 Å². The highest BCUT2D eigenvalue weighted by Crippen LogP contribution is 2.36. The van der Waals surface area contributed by atoms with Crippen LogP contribution >= 0.6 is 0 Å². The molecule has 2 heteroatoms. The summed E-state index contributed by atoms with van der Waals surface area (Å²) in [6, 6.07) is 0. The topological polar surface area (TPSA) is 26.3 Å². The molecule has 0 saturated heterocycles. The lowest BCUT2D eigenvalue weighted by Gasteiger charge is -2.33. The zero-order valence-electron chi connectivity index (χ0n) is 16.9. The van der Waals surface area contributed by atoms with Crippen LogP contribution < -0.4 is 0 Å². The third-order valence-electron chi connectivity index (χ3n) is 4.46. The molecule has 0 aliphatic rings. The molecule has 0 aliphatic carbocycles. The Bertz CT molecular complexity index is 357. The van der Waals surface area contributed by atoms with Gasteiger partial charge in [-0.15, -0.1) is 0 Å². The standard InChI is InChI=1S/C21H40O2/c1-10-17(14-21(7,8)9)12-18(15-23-19(22)11-2)16(3)13-20(4,5)6/h11,16-18H,2,10,12-15H2,1,3-9H3. The fourth-order valence-corrected chi connectivity index (χ4v) is 3.53. The molecule has 0 aromatic carbocycles. The zero-order chi connectivity index (χ0) is 18.3. The van der Waals surface area contributed by atoms with E-state index in [0.29, 0.717) is 35.2 Å². The molecule has 3 unspecified atom stereocenters. The minimum absolute atomic E-state index is 0.297. The third kappa shape index (κ3) is 11.4. The van der Waals surface area contributed by atoms with Crippen molar-refractivity contribution in [2.45, 2.75) is 81.1 Å². The maximum atomic E-state index is 11.5. The molecule has 0 radical (unpaired) electrons. The molecule has 0 aromatic heterocycles. The van der Waals surface area contributed by atoms with Crippen molar-refractivity contribution in [2.75, 3.05) is 6.61 Å². The summed E-state index contributed by atoms with van der Waals surface area (Å²) in [5, 5.41) is 0. The van der Waals surface area contributed by atoms with Crippen LogP contribution in [-0.2, 0) is 9.53 Å². The molecule has 0 heterocycles. The largest absolute Gasteiger partial charge is 0.462 e. The minimum atomic E-state index is -0.304. The second kappa shape index (κ2) is 9.49. The molecule has 136 valence electrons. The van der Waals surface area contributed by atoms with Crippen LogP contribution in [0.1, 0.15) is 81.1 Å². The lowest BCUT2D eigenvalue weighted by molar-refractivity contribution is -0.140. The Kier molecular flexibility index (Phi) is 9.17. The first kappa shape index (κ1) is 22.2. The zero-order valence-corrected chi connectivity index (χ0v) is 16.9. The van der Waals surface area contributed by atoms with Gasteiger partial charge in [0.2, 0.25) is 0 Å². The Morgan fingerprint density at radius 1 is 1.09 bits per heavy atom. The molecule has 3 atom stereocenters. The lowest BCUT2D eigenvalue weighted by Crippen LogP contribution is -2.27. The van der Waals surface area contributed by atoms with E-state index in [1.165, 1.54) is 18.9 Å². The van der Waals surface area contributed by atoms with Crippen molar-refractivity contribution in [2.24, 2.45) is 28.6 Å². The summed E-state index contributed by atoms with van der Waals surface area (Å²) in [7, 11) is 0. The monoisotopic (exact) mass is 324 g/mol. The average molecular weight is 325 g/mol. The van der Waals surface area contributed by atoms with Crippen molar-refractivity contribution in [1.82, 2.24) is 0 Å². The van der Waals surface area contributed by atoms with Gasteiger partial charge in [0.25, 0.3) is 0 Å². The van der Waals surface area contributed by atoms with Gasteiger partial charge in [-0.05, 0) is 47.8 Å². The van der Waals surface area contributed by atoms with E-state index in [0.717, 1.165) is 12.8 Å². The van der Waals surface area contributed by atoms with Crippen LogP contribution in [0, 0.1) is 28.6 Å². The van der Waals surface area contributed by atoms with Crippen molar-refractivity contribution in [3.63, 3.8) is 0 Å². The van der Waals surface area contributed by atoms with Crippen LogP contribution in [0.15, 0.2) is 12.7 Å². The van der Waals surface area contributed by atoms with Crippen LogP contribution in [0.5, 0.6) is 0 Å². The van der Waals surface area contributed by atoms with Gasteiger partial charge in [-0.25, -0.2) is 4.79 Å². The van der Waals surface area contributed by atoms with Crippen molar-refractivity contribution in [3.05, 3.63) is 12.7 Å². The highest BCUT2D eigenvalue weighted by atomic mass is 16.5. The lowest BCUT2D eigenvalue weighted by atomic mass is 9.73. The maximum absolute atomic E-state index is 11.5. The number of hydrogen-bond donors (Lipinski definition) is 0. The minimum Gasteiger partial charge on any atom is -0.462 e. The summed E-state index contributed by atoms with van der Waals surface area (Å²) in [6.07, 6.45) is 5.95. The Morgan fingerprint density at radius 3 is 2.00 bits per heavy atom. The molecule has 0 rings (SSSR count). The van der Waals surface area contributed by atoms with Crippen LogP contribution in [0.4, 0.5) is 0 Å². The van der Waals surface area contributed by atoms with E-state index in [9.17, 15) is 4.79 Å². The molecule has 0 amide bonds. The number of esters is 1. The van der Waals surface area contributed by atoms with Gasteiger partial charge >= 0.3 is 5.97 Å². The quantitative estimate of drug-likeness (QED) is 0.370. The fraction of sp³-hybridized carbons (Fsp3) is 0.857. The van der Waals surface area contributed by atoms with Gasteiger partial charge in [-0.1, -0.05) is 68.4 Å². The van der Waals surface area contributed by atoms with Gasteiger partial charge in [-0.3, -0.25) is 0 Å². The average Bonchev–Trinajstić information content (AvgIpc) is 2.38. The first-order chi connectivity index (χ1) is 10.4. The molecule has 23 heavy (non-hydrogen) atoms. The van der Waals surface area contributed by atoms with Crippen LogP contribution in [-0.4, -0.2) is 12.6 Å². The molecule has 0 aromatic rings. The van der Waals surface area contributed by atoms with E-state index in [2.05, 4.69) is 62.0 Å². The summed E-state index contributed by atoms with van der Waals surface area (Å²) in [5.74, 6) is 1.35. The Labute approximate surface area is 145 Å². The molecule has 0 aliphatic heterocycles. The first-order valence-corrected chi connectivity index (χ1v) is 9.17. The molecule has 0 bridgehead atoms. The van der Waals surface area contributed by atoms with E-state index in [4.69, 9.17) is 4.74 Å². The third-order valence-corrected chi connectivity index (χ3v) is 4.46. The number of ether oxygens (including phenoxy) is 1. The first-order valence-electron chi connectivity index (χ1n) is 9.17.